The molecule has 0 aromatic heterocycles. The third kappa shape index (κ3) is 13.1. The molecule has 0 unspecified atom stereocenters. The summed E-state index contributed by atoms with van der Waals surface area (Å²) in [6.07, 6.45) is 8.57. The standard InChI is InChI=1S/C34H55N3O6/c1-33(2,3)42-31(39)36(22-13-23-37(29-16-11-8-12-17-29)32(40)43-34(4,5)6)24-26-18-20-28(21-19-26)35-30(38)41-25-27-14-9-7-10-15-27/h7,9-10,14-15,26,28-29H,8,11-13,16-25H2,1-6H3,(H,35,38)/t26-,28+. The highest BCUT2D eigenvalue weighted by Crippen LogP contribution is 2.27. The minimum Gasteiger partial charge on any atom is -0.445 e. The number of carbonyl (C=O) groups is 3. The molecular formula is C34H55N3O6. The Kier molecular flexibility index (Phi) is 13.0. The van der Waals surface area contributed by atoms with E-state index in [1.807, 2.05) is 81.7 Å². The summed E-state index contributed by atoms with van der Waals surface area (Å²) in [6, 6.07) is 9.88. The Hall–Kier alpha value is -2.97. The van der Waals surface area contributed by atoms with Gasteiger partial charge in [0.05, 0.1) is 0 Å². The molecule has 0 bridgehead atoms. The lowest BCUT2D eigenvalue weighted by Crippen LogP contribution is -2.46. The lowest BCUT2D eigenvalue weighted by Gasteiger charge is -2.37. The van der Waals surface area contributed by atoms with Crippen molar-refractivity contribution in [2.24, 2.45) is 5.92 Å². The fourth-order valence-corrected chi connectivity index (χ4v) is 5.88. The van der Waals surface area contributed by atoms with Gasteiger partial charge in [-0.05, 0) is 98.0 Å². The van der Waals surface area contributed by atoms with E-state index in [0.717, 1.165) is 56.9 Å². The number of alkyl carbamates (subject to hydrolysis) is 1. The van der Waals surface area contributed by atoms with Crippen molar-refractivity contribution in [3.8, 4) is 0 Å². The zero-order valence-corrected chi connectivity index (χ0v) is 27.4. The van der Waals surface area contributed by atoms with E-state index in [1.165, 1.54) is 6.42 Å². The summed E-state index contributed by atoms with van der Waals surface area (Å²) in [5.74, 6) is 0.311. The minimum atomic E-state index is -0.596. The smallest absolute Gasteiger partial charge is 0.410 e. The molecule has 9 nitrogen and oxygen atoms in total. The summed E-state index contributed by atoms with van der Waals surface area (Å²) in [5, 5.41) is 3.01. The summed E-state index contributed by atoms with van der Waals surface area (Å²) >= 11 is 0. The van der Waals surface area contributed by atoms with Crippen molar-refractivity contribution in [1.29, 1.82) is 0 Å². The summed E-state index contributed by atoms with van der Waals surface area (Å²) < 4.78 is 16.9. The number of benzene rings is 1. The molecule has 1 aromatic rings. The van der Waals surface area contributed by atoms with Crippen LogP contribution in [0.4, 0.5) is 14.4 Å². The Labute approximate surface area is 259 Å². The number of rotatable bonds is 10. The topological polar surface area (TPSA) is 97.4 Å². The van der Waals surface area contributed by atoms with Crippen molar-refractivity contribution in [3.05, 3.63) is 35.9 Å². The molecule has 3 amide bonds. The largest absolute Gasteiger partial charge is 0.445 e. The van der Waals surface area contributed by atoms with Crippen molar-refractivity contribution in [2.75, 3.05) is 19.6 Å². The molecule has 3 rings (SSSR count). The van der Waals surface area contributed by atoms with Crippen molar-refractivity contribution in [3.63, 3.8) is 0 Å². The van der Waals surface area contributed by atoms with Gasteiger partial charge in [-0.25, -0.2) is 14.4 Å². The normalized spacial score (nSPS) is 19.7. The molecular weight excluding hydrogens is 546 g/mol. The molecule has 0 heterocycles. The third-order valence-electron chi connectivity index (χ3n) is 7.98. The minimum absolute atomic E-state index is 0.0624. The summed E-state index contributed by atoms with van der Waals surface area (Å²) in [5.41, 5.74) is -0.197. The predicted octanol–water partition coefficient (Wildman–Crippen LogP) is 7.67. The van der Waals surface area contributed by atoms with Crippen LogP contribution in [-0.2, 0) is 20.8 Å². The average Bonchev–Trinajstić information content (AvgIpc) is 2.93. The van der Waals surface area contributed by atoms with Gasteiger partial charge in [0.15, 0.2) is 0 Å². The quantitative estimate of drug-likeness (QED) is 0.277. The fraction of sp³-hybridized carbons (Fsp3) is 0.735. The first-order valence-corrected chi connectivity index (χ1v) is 16.2. The van der Waals surface area contributed by atoms with Crippen LogP contribution in [0.3, 0.4) is 0 Å². The summed E-state index contributed by atoms with van der Waals surface area (Å²) in [4.78, 5) is 42.5. The first kappa shape index (κ1) is 34.5. The number of hydrogen-bond donors (Lipinski definition) is 1. The second-order valence-electron chi connectivity index (χ2n) is 14.2. The number of hydrogen-bond acceptors (Lipinski definition) is 6. The zero-order chi connectivity index (χ0) is 31.5. The number of nitrogens with zero attached hydrogens (tertiary/aromatic N) is 2. The molecule has 2 aliphatic carbocycles. The van der Waals surface area contributed by atoms with Crippen LogP contribution >= 0.6 is 0 Å². The Morgan fingerprint density at radius 1 is 0.791 bits per heavy atom. The van der Waals surface area contributed by atoms with Crippen LogP contribution in [0.25, 0.3) is 0 Å². The molecule has 0 aliphatic heterocycles. The number of amides is 3. The van der Waals surface area contributed by atoms with E-state index in [1.54, 1.807) is 0 Å². The maximum atomic E-state index is 13.3. The Bertz CT molecular complexity index is 1010. The van der Waals surface area contributed by atoms with Gasteiger partial charge >= 0.3 is 18.3 Å². The van der Waals surface area contributed by atoms with E-state index in [-0.39, 0.29) is 30.9 Å². The maximum absolute atomic E-state index is 13.3. The van der Waals surface area contributed by atoms with E-state index < -0.39 is 17.3 Å². The summed E-state index contributed by atoms with van der Waals surface area (Å²) in [7, 11) is 0. The Balaban J connectivity index is 1.52. The molecule has 0 radical (unpaired) electrons. The van der Waals surface area contributed by atoms with Crippen LogP contribution in [-0.4, -0.2) is 71.0 Å². The van der Waals surface area contributed by atoms with Gasteiger partial charge in [0, 0.05) is 31.7 Å². The van der Waals surface area contributed by atoms with Crippen LogP contribution in [0.5, 0.6) is 0 Å². The Morgan fingerprint density at radius 3 is 2.00 bits per heavy atom. The second kappa shape index (κ2) is 16.2. The van der Waals surface area contributed by atoms with Crippen LogP contribution in [0, 0.1) is 5.92 Å². The molecule has 2 saturated carbocycles. The van der Waals surface area contributed by atoms with E-state index in [0.29, 0.717) is 32.0 Å². The number of ether oxygens (including phenoxy) is 3. The predicted molar refractivity (Wildman–Crippen MR) is 168 cm³/mol. The average molecular weight is 602 g/mol. The molecule has 0 saturated heterocycles. The van der Waals surface area contributed by atoms with Gasteiger partial charge in [-0.15, -0.1) is 0 Å². The Morgan fingerprint density at radius 2 is 1.40 bits per heavy atom. The summed E-state index contributed by atoms with van der Waals surface area (Å²) in [6.45, 7) is 13.2. The van der Waals surface area contributed by atoms with E-state index in [2.05, 4.69) is 5.32 Å². The van der Waals surface area contributed by atoms with Gasteiger partial charge in [0.2, 0.25) is 0 Å². The van der Waals surface area contributed by atoms with Gasteiger partial charge in [0.25, 0.3) is 0 Å². The molecule has 9 heteroatoms. The molecule has 2 fully saturated rings. The van der Waals surface area contributed by atoms with Gasteiger partial charge in [-0.1, -0.05) is 49.6 Å². The first-order chi connectivity index (χ1) is 20.3. The fourth-order valence-electron chi connectivity index (χ4n) is 5.88. The SMILES string of the molecule is CC(C)(C)OC(=O)N(CCCN(C(=O)OC(C)(C)C)C1CCCCC1)C[C@H]1CC[C@@H](NC(=O)OCc2ccccc2)CC1. The molecule has 242 valence electrons. The van der Waals surface area contributed by atoms with Gasteiger partial charge < -0.3 is 29.3 Å². The van der Waals surface area contributed by atoms with E-state index >= 15 is 0 Å². The monoisotopic (exact) mass is 601 g/mol. The molecule has 0 spiro atoms. The highest BCUT2D eigenvalue weighted by atomic mass is 16.6. The van der Waals surface area contributed by atoms with Crippen LogP contribution < -0.4 is 5.32 Å². The third-order valence-corrected chi connectivity index (χ3v) is 7.98. The van der Waals surface area contributed by atoms with Crippen molar-refractivity contribution in [2.45, 2.75) is 136 Å². The van der Waals surface area contributed by atoms with E-state index in [4.69, 9.17) is 14.2 Å². The van der Waals surface area contributed by atoms with Gasteiger partial charge in [-0.3, -0.25) is 0 Å². The zero-order valence-electron chi connectivity index (χ0n) is 27.4. The lowest BCUT2D eigenvalue weighted by atomic mass is 9.85. The molecule has 2 aliphatic rings. The first-order valence-electron chi connectivity index (χ1n) is 16.2. The van der Waals surface area contributed by atoms with Crippen LogP contribution in [0.1, 0.15) is 111 Å². The van der Waals surface area contributed by atoms with Gasteiger partial charge in [0.1, 0.15) is 17.8 Å². The molecule has 0 atom stereocenters. The van der Waals surface area contributed by atoms with E-state index in [9.17, 15) is 14.4 Å². The van der Waals surface area contributed by atoms with Crippen molar-refractivity contribution in [1.82, 2.24) is 15.1 Å². The van der Waals surface area contributed by atoms with Gasteiger partial charge in [-0.2, -0.15) is 0 Å². The highest BCUT2D eigenvalue weighted by molar-refractivity contribution is 5.69. The molecule has 1 N–H and O–H groups in total. The second-order valence-corrected chi connectivity index (χ2v) is 14.2. The van der Waals surface area contributed by atoms with Crippen LogP contribution in [0.2, 0.25) is 0 Å². The van der Waals surface area contributed by atoms with Crippen molar-refractivity contribution < 1.29 is 28.6 Å². The number of carbonyl (C=O) groups excluding carboxylic acids is 3. The highest BCUT2D eigenvalue weighted by Gasteiger charge is 2.31. The molecule has 1 aromatic carbocycles. The molecule has 43 heavy (non-hydrogen) atoms. The van der Waals surface area contributed by atoms with Crippen LogP contribution in [0.15, 0.2) is 30.3 Å². The number of nitrogens with one attached hydrogen (secondary N) is 1. The maximum Gasteiger partial charge on any atom is 0.410 e. The van der Waals surface area contributed by atoms with Crippen molar-refractivity contribution >= 4 is 18.3 Å². The lowest BCUT2D eigenvalue weighted by molar-refractivity contribution is 0.00911.